The Morgan fingerprint density at radius 3 is 2.62 bits per heavy atom. The van der Waals surface area contributed by atoms with Gasteiger partial charge >= 0.3 is 5.97 Å². The molecule has 1 saturated heterocycles. The minimum absolute atomic E-state index is 0.0803. The molecular formula is C23H26N2O4. The van der Waals surface area contributed by atoms with Gasteiger partial charge < -0.3 is 15.0 Å². The number of benzene rings is 2. The molecule has 0 aromatic heterocycles. The summed E-state index contributed by atoms with van der Waals surface area (Å²) in [6.45, 7) is 6.15. The van der Waals surface area contributed by atoms with Gasteiger partial charge in [-0.25, -0.2) is 0 Å². The van der Waals surface area contributed by atoms with Crippen LogP contribution in [0.15, 0.2) is 48.5 Å². The average molecular weight is 394 g/mol. The fourth-order valence-electron chi connectivity index (χ4n) is 3.32. The summed E-state index contributed by atoms with van der Waals surface area (Å²) in [5, 5.41) is 2.80. The first-order chi connectivity index (χ1) is 13.8. The van der Waals surface area contributed by atoms with Crippen LogP contribution in [0, 0.1) is 19.8 Å². The van der Waals surface area contributed by atoms with E-state index in [4.69, 9.17) is 4.74 Å². The largest absolute Gasteiger partial charge is 0.452 e. The summed E-state index contributed by atoms with van der Waals surface area (Å²) in [5.74, 6) is -1.54. The van der Waals surface area contributed by atoms with Gasteiger partial charge in [0, 0.05) is 25.2 Å². The molecule has 1 aliphatic rings. The third-order valence-corrected chi connectivity index (χ3v) is 5.08. The normalized spacial score (nSPS) is 17.1. The first-order valence-corrected chi connectivity index (χ1v) is 9.74. The molecule has 0 bridgehead atoms. The standard InChI is InChI=1S/C23H26N2O4/c1-15-9-10-16(2)20(11-15)24-22(27)17(3)29-23(28)19-12-21(26)25(14-19)13-18-7-5-4-6-8-18/h4-11,17,19H,12-14H2,1-3H3,(H,24,27)/t17-,19+/m1/s1. The molecular weight excluding hydrogens is 368 g/mol. The van der Waals surface area contributed by atoms with E-state index < -0.39 is 23.9 Å². The minimum Gasteiger partial charge on any atom is -0.452 e. The van der Waals surface area contributed by atoms with E-state index in [9.17, 15) is 14.4 Å². The van der Waals surface area contributed by atoms with E-state index in [1.165, 1.54) is 6.92 Å². The van der Waals surface area contributed by atoms with Gasteiger partial charge in [-0.2, -0.15) is 0 Å². The number of aryl methyl sites for hydroxylation is 2. The van der Waals surface area contributed by atoms with E-state index in [0.29, 0.717) is 18.8 Å². The van der Waals surface area contributed by atoms with Crippen molar-refractivity contribution in [3.63, 3.8) is 0 Å². The van der Waals surface area contributed by atoms with Crippen LogP contribution in [0.5, 0.6) is 0 Å². The number of nitrogens with zero attached hydrogens (tertiary/aromatic N) is 1. The van der Waals surface area contributed by atoms with Gasteiger partial charge in [0.2, 0.25) is 5.91 Å². The maximum atomic E-state index is 12.5. The first kappa shape index (κ1) is 20.6. The Kier molecular flexibility index (Phi) is 6.32. The zero-order chi connectivity index (χ0) is 21.0. The number of anilines is 1. The van der Waals surface area contributed by atoms with Gasteiger partial charge in [0.25, 0.3) is 5.91 Å². The number of ether oxygens (including phenoxy) is 1. The number of rotatable bonds is 6. The van der Waals surface area contributed by atoms with E-state index >= 15 is 0 Å². The second-order valence-corrected chi connectivity index (χ2v) is 7.55. The van der Waals surface area contributed by atoms with E-state index in [-0.39, 0.29) is 12.3 Å². The van der Waals surface area contributed by atoms with Crippen LogP contribution < -0.4 is 5.32 Å². The summed E-state index contributed by atoms with van der Waals surface area (Å²) in [6, 6.07) is 15.4. The van der Waals surface area contributed by atoms with Crippen LogP contribution in [0.4, 0.5) is 5.69 Å². The van der Waals surface area contributed by atoms with Crippen LogP contribution >= 0.6 is 0 Å². The Bertz CT molecular complexity index is 910. The number of carbonyl (C=O) groups excluding carboxylic acids is 3. The predicted molar refractivity (Wildman–Crippen MR) is 110 cm³/mol. The predicted octanol–water partition coefficient (Wildman–Crippen LogP) is 3.22. The van der Waals surface area contributed by atoms with Crippen molar-refractivity contribution in [3.8, 4) is 0 Å². The summed E-state index contributed by atoms with van der Waals surface area (Å²) in [6.07, 6.45) is -0.836. The summed E-state index contributed by atoms with van der Waals surface area (Å²) in [7, 11) is 0. The topological polar surface area (TPSA) is 75.7 Å². The highest BCUT2D eigenvalue weighted by Crippen LogP contribution is 2.22. The van der Waals surface area contributed by atoms with Crippen LogP contribution in [-0.4, -0.2) is 35.3 Å². The molecule has 0 unspecified atom stereocenters. The second-order valence-electron chi connectivity index (χ2n) is 7.55. The van der Waals surface area contributed by atoms with Crippen LogP contribution in [-0.2, 0) is 25.7 Å². The van der Waals surface area contributed by atoms with E-state index in [2.05, 4.69) is 5.32 Å². The SMILES string of the molecule is Cc1ccc(C)c(NC(=O)[C@@H](C)OC(=O)[C@H]2CC(=O)N(Cc3ccccc3)C2)c1. The quantitative estimate of drug-likeness (QED) is 0.764. The van der Waals surface area contributed by atoms with Crippen molar-refractivity contribution < 1.29 is 19.1 Å². The molecule has 1 N–H and O–H groups in total. The lowest BCUT2D eigenvalue weighted by Gasteiger charge is -2.18. The highest BCUT2D eigenvalue weighted by molar-refractivity contribution is 5.96. The van der Waals surface area contributed by atoms with Crippen molar-refractivity contribution in [3.05, 3.63) is 65.2 Å². The highest BCUT2D eigenvalue weighted by atomic mass is 16.5. The van der Waals surface area contributed by atoms with Gasteiger partial charge in [-0.05, 0) is 43.5 Å². The Morgan fingerprint density at radius 1 is 1.17 bits per heavy atom. The van der Waals surface area contributed by atoms with Gasteiger partial charge in [0.05, 0.1) is 5.92 Å². The summed E-state index contributed by atoms with van der Waals surface area (Å²) in [4.78, 5) is 38.8. The summed E-state index contributed by atoms with van der Waals surface area (Å²) < 4.78 is 5.36. The monoisotopic (exact) mass is 394 g/mol. The number of esters is 1. The molecule has 1 aliphatic heterocycles. The molecule has 3 rings (SSSR count). The third-order valence-electron chi connectivity index (χ3n) is 5.08. The third kappa shape index (κ3) is 5.22. The van der Waals surface area contributed by atoms with Crippen LogP contribution in [0.3, 0.4) is 0 Å². The summed E-state index contributed by atoms with van der Waals surface area (Å²) in [5.41, 5.74) is 3.66. The number of hydrogen-bond acceptors (Lipinski definition) is 4. The molecule has 2 aromatic rings. The fourth-order valence-corrected chi connectivity index (χ4v) is 3.32. The lowest BCUT2D eigenvalue weighted by molar-refractivity contribution is -0.157. The molecule has 0 spiro atoms. The maximum absolute atomic E-state index is 12.5. The highest BCUT2D eigenvalue weighted by Gasteiger charge is 2.36. The molecule has 0 aliphatic carbocycles. The Balaban J connectivity index is 1.54. The lowest BCUT2D eigenvalue weighted by Crippen LogP contribution is -2.33. The van der Waals surface area contributed by atoms with E-state index in [1.54, 1.807) is 4.90 Å². The average Bonchev–Trinajstić information content (AvgIpc) is 3.06. The lowest BCUT2D eigenvalue weighted by atomic mass is 10.1. The first-order valence-electron chi connectivity index (χ1n) is 9.74. The molecule has 2 atom stereocenters. The van der Waals surface area contributed by atoms with Crippen molar-refractivity contribution in [1.29, 1.82) is 0 Å². The van der Waals surface area contributed by atoms with Gasteiger partial charge in [-0.3, -0.25) is 14.4 Å². The van der Waals surface area contributed by atoms with Crippen molar-refractivity contribution in [2.24, 2.45) is 5.92 Å². The van der Waals surface area contributed by atoms with Crippen LogP contribution in [0.2, 0.25) is 0 Å². The van der Waals surface area contributed by atoms with Gasteiger partial charge in [-0.1, -0.05) is 42.5 Å². The smallest absolute Gasteiger partial charge is 0.312 e. The van der Waals surface area contributed by atoms with Crippen molar-refractivity contribution in [2.75, 3.05) is 11.9 Å². The molecule has 29 heavy (non-hydrogen) atoms. The van der Waals surface area contributed by atoms with Gasteiger partial charge in [0.15, 0.2) is 6.10 Å². The van der Waals surface area contributed by atoms with E-state index in [1.807, 2.05) is 62.4 Å². The molecule has 2 aromatic carbocycles. The number of carbonyl (C=O) groups is 3. The maximum Gasteiger partial charge on any atom is 0.312 e. The molecule has 152 valence electrons. The van der Waals surface area contributed by atoms with Crippen LogP contribution in [0.25, 0.3) is 0 Å². The van der Waals surface area contributed by atoms with Crippen LogP contribution in [0.1, 0.15) is 30.0 Å². The zero-order valence-corrected chi connectivity index (χ0v) is 17.0. The zero-order valence-electron chi connectivity index (χ0n) is 17.0. The van der Waals surface area contributed by atoms with Crippen molar-refractivity contribution in [1.82, 2.24) is 4.90 Å². The van der Waals surface area contributed by atoms with Crippen molar-refractivity contribution in [2.45, 2.75) is 39.8 Å². The van der Waals surface area contributed by atoms with Gasteiger partial charge in [-0.15, -0.1) is 0 Å². The Morgan fingerprint density at radius 2 is 1.90 bits per heavy atom. The second kappa shape index (κ2) is 8.90. The van der Waals surface area contributed by atoms with Crippen molar-refractivity contribution >= 4 is 23.5 Å². The number of likely N-dealkylation sites (tertiary alicyclic amines) is 1. The fraction of sp³-hybridized carbons (Fsp3) is 0.348. The number of amides is 2. The molecule has 2 amide bonds. The summed E-state index contributed by atoms with van der Waals surface area (Å²) >= 11 is 0. The minimum atomic E-state index is -0.944. The molecule has 1 heterocycles. The van der Waals surface area contributed by atoms with Gasteiger partial charge in [0.1, 0.15) is 0 Å². The van der Waals surface area contributed by atoms with E-state index in [0.717, 1.165) is 16.7 Å². The molecule has 0 saturated carbocycles. The molecule has 6 nitrogen and oxygen atoms in total. The molecule has 1 fully saturated rings. The number of hydrogen-bond donors (Lipinski definition) is 1. The Labute approximate surface area is 170 Å². The Hall–Kier alpha value is -3.15. The number of nitrogens with one attached hydrogen (secondary N) is 1. The molecule has 0 radical (unpaired) electrons. The molecule has 6 heteroatoms.